The van der Waals surface area contributed by atoms with Crippen LogP contribution in [-0.2, 0) is 0 Å². The predicted molar refractivity (Wildman–Crippen MR) is 94.8 cm³/mol. The van der Waals surface area contributed by atoms with E-state index in [2.05, 4.69) is 36.3 Å². The minimum Gasteiger partial charge on any atom is -0.351 e. The molecule has 2 N–H and O–H groups in total. The number of hydrogen-bond donors (Lipinski definition) is 2. The summed E-state index contributed by atoms with van der Waals surface area (Å²) < 4.78 is 0. The smallest absolute Gasteiger partial charge is 0.268 e. The van der Waals surface area contributed by atoms with Crippen molar-refractivity contribution in [3.63, 3.8) is 0 Å². The minimum absolute atomic E-state index is 0.139. The fourth-order valence-electron chi connectivity index (χ4n) is 2.78. The second kappa shape index (κ2) is 6.21. The maximum atomic E-state index is 12.5. The van der Waals surface area contributed by atoms with Crippen molar-refractivity contribution in [2.75, 3.05) is 0 Å². The summed E-state index contributed by atoms with van der Waals surface area (Å²) in [4.78, 5) is 15.7. The largest absolute Gasteiger partial charge is 0.351 e. The number of aromatic amines is 1. The summed E-state index contributed by atoms with van der Waals surface area (Å²) in [5.41, 5.74) is 5.49. The van der Waals surface area contributed by atoms with Gasteiger partial charge in [-0.05, 0) is 61.7 Å². The van der Waals surface area contributed by atoms with Gasteiger partial charge in [0.1, 0.15) is 5.69 Å². The van der Waals surface area contributed by atoms with E-state index in [4.69, 9.17) is 5.26 Å². The maximum absolute atomic E-state index is 12.5. The number of rotatable bonds is 3. The third-order valence-corrected chi connectivity index (χ3v) is 4.48. The normalized spacial score (nSPS) is 11.9. The fraction of sp³-hybridized carbons (Fsp3) is 0.200. The van der Waals surface area contributed by atoms with Crippen LogP contribution in [0.1, 0.15) is 45.7 Å². The average molecular weight is 317 g/mol. The molecule has 1 aromatic heterocycles. The van der Waals surface area contributed by atoms with Crippen molar-refractivity contribution < 1.29 is 4.79 Å². The number of nitrogens with zero attached hydrogens (tertiary/aromatic N) is 1. The van der Waals surface area contributed by atoms with Crippen LogP contribution in [0.15, 0.2) is 42.5 Å². The first kappa shape index (κ1) is 15.8. The molecule has 0 aliphatic rings. The van der Waals surface area contributed by atoms with E-state index in [1.54, 1.807) is 12.1 Å². The summed E-state index contributed by atoms with van der Waals surface area (Å²) >= 11 is 0. The topological polar surface area (TPSA) is 68.7 Å². The molecule has 4 heteroatoms. The van der Waals surface area contributed by atoms with Gasteiger partial charge in [-0.3, -0.25) is 4.79 Å². The molecule has 0 saturated carbocycles. The van der Waals surface area contributed by atoms with Gasteiger partial charge >= 0.3 is 0 Å². The zero-order valence-electron chi connectivity index (χ0n) is 14.0. The first-order valence-corrected chi connectivity index (χ1v) is 7.89. The average Bonchev–Trinajstić information content (AvgIpc) is 3.03. The molecular weight excluding hydrogens is 298 g/mol. The van der Waals surface area contributed by atoms with Crippen LogP contribution in [0.2, 0.25) is 0 Å². The Morgan fingerprint density at radius 1 is 1.17 bits per heavy atom. The molecule has 0 radical (unpaired) electrons. The Morgan fingerprint density at radius 2 is 1.88 bits per heavy atom. The summed E-state index contributed by atoms with van der Waals surface area (Å²) in [7, 11) is 0. The van der Waals surface area contributed by atoms with Gasteiger partial charge in [-0.2, -0.15) is 5.26 Å². The number of benzene rings is 2. The van der Waals surface area contributed by atoms with Crippen molar-refractivity contribution in [2.24, 2.45) is 0 Å². The molecule has 1 heterocycles. The van der Waals surface area contributed by atoms with Crippen molar-refractivity contribution in [2.45, 2.75) is 26.8 Å². The predicted octanol–water partition coefficient (Wildman–Crippen LogP) is 4.15. The number of aryl methyl sites for hydroxylation is 2. The highest BCUT2D eigenvalue weighted by Crippen LogP contribution is 2.23. The summed E-state index contributed by atoms with van der Waals surface area (Å²) in [6, 6.07) is 15.1. The summed E-state index contributed by atoms with van der Waals surface area (Å²) in [5.74, 6) is -0.139. The molecule has 0 aliphatic carbocycles. The monoisotopic (exact) mass is 317 g/mol. The van der Waals surface area contributed by atoms with Gasteiger partial charge in [-0.1, -0.05) is 18.2 Å². The van der Waals surface area contributed by atoms with E-state index in [1.807, 2.05) is 31.2 Å². The molecule has 0 spiro atoms. The number of nitrogens with one attached hydrogen (secondary N) is 2. The van der Waals surface area contributed by atoms with Crippen molar-refractivity contribution >= 4 is 16.8 Å². The summed E-state index contributed by atoms with van der Waals surface area (Å²) in [6.07, 6.45) is 0. The molecule has 0 fully saturated rings. The van der Waals surface area contributed by atoms with E-state index in [0.29, 0.717) is 11.3 Å². The van der Waals surface area contributed by atoms with Crippen LogP contribution in [0.25, 0.3) is 10.9 Å². The second-order valence-electron chi connectivity index (χ2n) is 6.08. The van der Waals surface area contributed by atoms with Gasteiger partial charge in [0.15, 0.2) is 0 Å². The van der Waals surface area contributed by atoms with Crippen LogP contribution in [0.3, 0.4) is 0 Å². The Labute approximate surface area is 141 Å². The van der Waals surface area contributed by atoms with Crippen molar-refractivity contribution in [1.82, 2.24) is 10.3 Å². The number of fused-ring (bicyclic) bond motifs is 1. The van der Waals surface area contributed by atoms with Gasteiger partial charge in [-0.25, -0.2) is 0 Å². The number of nitriles is 1. The number of carbonyl (C=O) groups is 1. The number of amides is 1. The lowest BCUT2D eigenvalue weighted by Gasteiger charge is -2.13. The zero-order chi connectivity index (χ0) is 17.3. The van der Waals surface area contributed by atoms with Crippen LogP contribution in [0.4, 0.5) is 0 Å². The number of aromatic nitrogens is 1. The number of H-pyrrole nitrogens is 1. The highest BCUT2D eigenvalue weighted by Gasteiger charge is 2.14. The van der Waals surface area contributed by atoms with Crippen molar-refractivity contribution in [3.8, 4) is 6.07 Å². The van der Waals surface area contributed by atoms with Gasteiger partial charge in [0.05, 0.1) is 17.7 Å². The molecule has 120 valence electrons. The molecule has 1 atom stereocenters. The molecule has 0 saturated heterocycles. The van der Waals surface area contributed by atoms with Crippen molar-refractivity contribution in [1.29, 1.82) is 5.26 Å². The second-order valence-corrected chi connectivity index (χ2v) is 6.08. The van der Waals surface area contributed by atoms with Crippen LogP contribution < -0.4 is 5.32 Å². The van der Waals surface area contributed by atoms with E-state index in [0.717, 1.165) is 16.5 Å². The van der Waals surface area contributed by atoms with E-state index >= 15 is 0 Å². The lowest BCUT2D eigenvalue weighted by molar-refractivity contribution is 0.0935. The van der Waals surface area contributed by atoms with E-state index in [-0.39, 0.29) is 11.9 Å². The highest BCUT2D eigenvalue weighted by atomic mass is 16.1. The fourth-order valence-corrected chi connectivity index (χ4v) is 2.78. The van der Waals surface area contributed by atoms with Gasteiger partial charge in [0.2, 0.25) is 0 Å². The molecule has 4 nitrogen and oxygen atoms in total. The van der Waals surface area contributed by atoms with E-state index in [9.17, 15) is 4.79 Å². The van der Waals surface area contributed by atoms with E-state index < -0.39 is 0 Å². The summed E-state index contributed by atoms with van der Waals surface area (Å²) in [6.45, 7) is 6.05. The molecular formula is C20H19N3O. The van der Waals surface area contributed by atoms with Crippen LogP contribution in [-0.4, -0.2) is 10.9 Å². The SMILES string of the molecule is Cc1ccc2[nH]c(C(=O)NC(C)c3ccc(C#N)cc3)cc2c1C. The molecule has 1 amide bonds. The minimum atomic E-state index is -0.139. The quantitative estimate of drug-likeness (QED) is 0.762. The Morgan fingerprint density at radius 3 is 2.54 bits per heavy atom. The Bertz CT molecular complexity index is 945. The molecule has 3 rings (SSSR count). The Balaban J connectivity index is 1.81. The summed E-state index contributed by atoms with van der Waals surface area (Å²) in [5, 5.41) is 12.9. The first-order chi connectivity index (χ1) is 11.5. The molecule has 0 aliphatic heterocycles. The van der Waals surface area contributed by atoms with Crippen LogP contribution >= 0.6 is 0 Å². The molecule has 1 unspecified atom stereocenters. The first-order valence-electron chi connectivity index (χ1n) is 7.89. The van der Waals surface area contributed by atoms with Crippen LogP contribution in [0, 0.1) is 25.2 Å². The van der Waals surface area contributed by atoms with Gasteiger partial charge in [0.25, 0.3) is 5.91 Å². The van der Waals surface area contributed by atoms with E-state index in [1.165, 1.54) is 11.1 Å². The third-order valence-electron chi connectivity index (χ3n) is 4.48. The van der Waals surface area contributed by atoms with Gasteiger partial charge < -0.3 is 10.3 Å². The Hall–Kier alpha value is -3.06. The molecule has 3 aromatic rings. The molecule has 2 aromatic carbocycles. The standard InChI is InChI=1S/C20H19N3O/c1-12-4-9-18-17(13(12)2)10-19(23-18)20(24)22-14(3)16-7-5-15(11-21)6-8-16/h4-10,14,23H,1-3H3,(H,22,24). The highest BCUT2D eigenvalue weighted by molar-refractivity contribution is 5.99. The lowest BCUT2D eigenvalue weighted by atomic mass is 10.1. The van der Waals surface area contributed by atoms with Crippen LogP contribution in [0.5, 0.6) is 0 Å². The lowest BCUT2D eigenvalue weighted by Crippen LogP contribution is -2.26. The van der Waals surface area contributed by atoms with Crippen molar-refractivity contribution in [3.05, 3.63) is 70.4 Å². The zero-order valence-corrected chi connectivity index (χ0v) is 14.0. The number of hydrogen-bond acceptors (Lipinski definition) is 2. The molecule has 0 bridgehead atoms. The van der Waals surface area contributed by atoms with Gasteiger partial charge in [-0.15, -0.1) is 0 Å². The third kappa shape index (κ3) is 2.89. The van der Waals surface area contributed by atoms with Gasteiger partial charge in [0, 0.05) is 10.9 Å². The number of carbonyl (C=O) groups excluding carboxylic acids is 1. The Kier molecular flexibility index (Phi) is 4.09. The maximum Gasteiger partial charge on any atom is 0.268 e. The molecule has 24 heavy (non-hydrogen) atoms.